The first-order valence-corrected chi connectivity index (χ1v) is 9.75. The topological polar surface area (TPSA) is 78.1 Å². The molecule has 6 heteroatoms. The third kappa shape index (κ3) is 2.57. The molecular weight excluding hydrogens is 338 g/mol. The average Bonchev–Trinajstić information content (AvgIpc) is 3.46. The smallest absolute Gasteiger partial charge is 0.154 e. The molecule has 0 aliphatic heterocycles. The third-order valence-electron chi connectivity index (χ3n) is 5.96. The largest absolute Gasteiger partial charge is 0.496 e. The molecule has 0 atom stereocenters. The van der Waals surface area contributed by atoms with Crippen LogP contribution in [0, 0.1) is 11.3 Å². The van der Waals surface area contributed by atoms with Gasteiger partial charge in [-0.3, -0.25) is 0 Å². The van der Waals surface area contributed by atoms with Crippen molar-refractivity contribution >= 4 is 11.5 Å². The van der Waals surface area contributed by atoms with Crippen LogP contribution in [0.1, 0.15) is 48.8 Å². The zero-order chi connectivity index (χ0) is 18.4. The minimum atomic E-state index is 0.443. The molecule has 0 saturated heterocycles. The van der Waals surface area contributed by atoms with E-state index < -0.39 is 0 Å². The molecule has 3 aromatic rings. The maximum atomic E-state index is 9.44. The van der Waals surface area contributed by atoms with Gasteiger partial charge in [-0.15, -0.1) is 0 Å². The zero-order valence-corrected chi connectivity index (χ0v) is 15.5. The molecule has 27 heavy (non-hydrogen) atoms. The Bertz CT molecular complexity index is 1050. The summed E-state index contributed by atoms with van der Waals surface area (Å²) in [6.07, 6.45) is 9.89. The highest BCUT2D eigenvalue weighted by Crippen LogP contribution is 2.40. The fourth-order valence-corrected chi connectivity index (χ4v) is 4.56. The van der Waals surface area contributed by atoms with Gasteiger partial charge in [0.15, 0.2) is 11.5 Å². The zero-order valence-electron chi connectivity index (χ0n) is 15.5. The highest BCUT2D eigenvalue weighted by Gasteiger charge is 2.25. The molecule has 1 aromatic carbocycles. The van der Waals surface area contributed by atoms with Crippen molar-refractivity contribution in [1.82, 2.24) is 14.6 Å². The number of rotatable bonds is 4. The van der Waals surface area contributed by atoms with Gasteiger partial charge in [-0.1, -0.05) is 12.8 Å². The molecule has 1 fully saturated rings. The van der Waals surface area contributed by atoms with E-state index >= 15 is 0 Å². The first-order chi connectivity index (χ1) is 13.3. The van der Waals surface area contributed by atoms with Crippen molar-refractivity contribution in [3.05, 3.63) is 35.0 Å². The van der Waals surface area contributed by atoms with Crippen molar-refractivity contribution in [3.63, 3.8) is 0 Å². The summed E-state index contributed by atoms with van der Waals surface area (Å²) in [5.41, 5.74) is 6.05. The van der Waals surface area contributed by atoms with Gasteiger partial charge < -0.3 is 15.0 Å². The fraction of sp³-hybridized carbons (Fsp3) is 0.429. The summed E-state index contributed by atoms with van der Waals surface area (Å²) in [5, 5.41) is 17.6. The summed E-state index contributed by atoms with van der Waals surface area (Å²) >= 11 is 0. The van der Waals surface area contributed by atoms with Crippen molar-refractivity contribution in [1.29, 1.82) is 5.26 Å². The Balaban J connectivity index is 1.70. The van der Waals surface area contributed by atoms with Gasteiger partial charge in [-0.05, 0) is 55.4 Å². The summed E-state index contributed by atoms with van der Waals surface area (Å²) in [7, 11) is 1.72. The Hall–Kier alpha value is -2.94. The van der Waals surface area contributed by atoms with E-state index in [1.807, 2.05) is 4.52 Å². The summed E-state index contributed by atoms with van der Waals surface area (Å²) < 4.78 is 7.57. The van der Waals surface area contributed by atoms with Gasteiger partial charge in [0.1, 0.15) is 17.4 Å². The first kappa shape index (κ1) is 16.2. The number of imidazole rings is 1. The van der Waals surface area contributed by atoms with Crippen LogP contribution in [0.2, 0.25) is 0 Å². The van der Waals surface area contributed by atoms with E-state index in [1.165, 1.54) is 43.2 Å². The second-order valence-corrected chi connectivity index (χ2v) is 7.58. The summed E-state index contributed by atoms with van der Waals surface area (Å²) in [4.78, 5) is 3.46. The lowest BCUT2D eigenvalue weighted by molar-refractivity contribution is 0.416. The van der Waals surface area contributed by atoms with Gasteiger partial charge in [0.2, 0.25) is 0 Å². The van der Waals surface area contributed by atoms with Crippen LogP contribution in [0.15, 0.2) is 18.3 Å². The van der Waals surface area contributed by atoms with Crippen LogP contribution in [-0.4, -0.2) is 27.7 Å². The molecular formula is C21H23N5O. The number of benzene rings is 1. The highest BCUT2D eigenvalue weighted by molar-refractivity contribution is 5.82. The number of aromatic nitrogens is 3. The number of hydrogen-bond donors (Lipinski definition) is 2. The highest BCUT2D eigenvalue weighted by atomic mass is 16.5. The Kier molecular flexibility index (Phi) is 3.82. The Morgan fingerprint density at radius 3 is 2.74 bits per heavy atom. The van der Waals surface area contributed by atoms with Crippen molar-refractivity contribution in [2.24, 2.45) is 0 Å². The lowest BCUT2D eigenvalue weighted by Gasteiger charge is -2.16. The van der Waals surface area contributed by atoms with Gasteiger partial charge in [-0.2, -0.15) is 14.9 Å². The minimum Gasteiger partial charge on any atom is -0.496 e. The van der Waals surface area contributed by atoms with E-state index in [0.29, 0.717) is 11.6 Å². The Morgan fingerprint density at radius 1 is 1.22 bits per heavy atom. The molecule has 0 radical (unpaired) electrons. The number of anilines is 1. The third-order valence-corrected chi connectivity index (χ3v) is 5.96. The average molecular weight is 361 g/mol. The van der Waals surface area contributed by atoms with E-state index in [0.717, 1.165) is 41.3 Å². The van der Waals surface area contributed by atoms with Crippen LogP contribution in [-0.2, 0) is 12.8 Å². The lowest BCUT2D eigenvalue weighted by atomic mass is 10.0. The predicted molar refractivity (Wildman–Crippen MR) is 104 cm³/mol. The molecule has 0 amide bonds. The molecule has 0 spiro atoms. The van der Waals surface area contributed by atoms with E-state index in [1.54, 1.807) is 13.3 Å². The van der Waals surface area contributed by atoms with Crippen LogP contribution < -0.4 is 10.1 Å². The molecule has 2 heterocycles. The van der Waals surface area contributed by atoms with E-state index in [-0.39, 0.29) is 0 Å². The number of fused-ring (bicyclic) bond motifs is 2. The van der Waals surface area contributed by atoms with Gasteiger partial charge in [0.25, 0.3) is 0 Å². The van der Waals surface area contributed by atoms with Crippen LogP contribution in [0.3, 0.4) is 0 Å². The number of aryl methyl sites for hydroxylation is 2. The fourth-order valence-electron chi connectivity index (χ4n) is 4.56. The summed E-state index contributed by atoms with van der Waals surface area (Å²) in [6, 6.07) is 7.10. The number of aromatic amines is 1. The maximum absolute atomic E-state index is 9.44. The second-order valence-electron chi connectivity index (χ2n) is 7.58. The number of nitriles is 1. The monoisotopic (exact) mass is 361 g/mol. The standard InChI is InChI=1S/C21H23N5O/c1-27-18-10-14-6-4-5-13(14)9-17(18)19-21(24-16-7-2-3-8-16)26-20(25-19)15(11-22)12-23-26/h9-10,12,16,24-25H,2-8H2,1H3. The summed E-state index contributed by atoms with van der Waals surface area (Å²) in [6.45, 7) is 0. The number of hydrogen-bond acceptors (Lipinski definition) is 4. The molecule has 6 nitrogen and oxygen atoms in total. The van der Waals surface area contributed by atoms with Crippen molar-refractivity contribution in [2.45, 2.75) is 51.0 Å². The van der Waals surface area contributed by atoms with Crippen molar-refractivity contribution < 1.29 is 4.74 Å². The van der Waals surface area contributed by atoms with E-state index in [4.69, 9.17) is 4.74 Å². The van der Waals surface area contributed by atoms with Crippen LogP contribution in [0.4, 0.5) is 5.82 Å². The van der Waals surface area contributed by atoms with Crippen molar-refractivity contribution in [2.75, 3.05) is 12.4 Å². The molecule has 138 valence electrons. The minimum absolute atomic E-state index is 0.443. The van der Waals surface area contributed by atoms with Gasteiger partial charge in [0, 0.05) is 11.6 Å². The van der Waals surface area contributed by atoms with Gasteiger partial charge in [0.05, 0.1) is 19.0 Å². The van der Waals surface area contributed by atoms with Gasteiger partial charge >= 0.3 is 0 Å². The predicted octanol–water partition coefficient (Wildman–Crippen LogP) is 4.05. The maximum Gasteiger partial charge on any atom is 0.154 e. The first-order valence-electron chi connectivity index (χ1n) is 9.75. The van der Waals surface area contributed by atoms with Gasteiger partial charge in [-0.25, -0.2) is 0 Å². The van der Waals surface area contributed by atoms with E-state index in [2.05, 4.69) is 33.6 Å². The Labute approximate surface area is 158 Å². The molecule has 5 rings (SSSR count). The second kappa shape index (κ2) is 6.34. The number of methoxy groups -OCH3 is 1. The quantitative estimate of drug-likeness (QED) is 0.735. The van der Waals surface area contributed by atoms with Crippen molar-refractivity contribution in [3.8, 4) is 23.1 Å². The van der Waals surface area contributed by atoms with Crippen LogP contribution >= 0.6 is 0 Å². The van der Waals surface area contributed by atoms with Crippen LogP contribution in [0.5, 0.6) is 5.75 Å². The molecule has 2 aromatic heterocycles. The number of nitrogens with one attached hydrogen (secondary N) is 2. The molecule has 0 bridgehead atoms. The molecule has 2 aliphatic rings. The van der Waals surface area contributed by atoms with E-state index in [9.17, 15) is 5.26 Å². The normalized spacial score (nSPS) is 16.6. The molecule has 1 saturated carbocycles. The molecule has 0 unspecified atom stereocenters. The number of nitrogens with zero attached hydrogens (tertiary/aromatic N) is 3. The van der Waals surface area contributed by atoms with Crippen LogP contribution in [0.25, 0.3) is 16.9 Å². The SMILES string of the molecule is COc1cc2c(cc1-c1[nH]c3c(C#N)cnn3c1NC1CCCC1)CCC2. The number of ether oxygens (including phenoxy) is 1. The molecule has 2 N–H and O–H groups in total. The molecule has 2 aliphatic carbocycles. The number of H-pyrrole nitrogens is 1. The summed E-state index contributed by atoms with van der Waals surface area (Å²) in [5.74, 6) is 1.79. The lowest BCUT2D eigenvalue weighted by Crippen LogP contribution is -2.16. The Morgan fingerprint density at radius 2 is 2.00 bits per heavy atom.